The maximum absolute atomic E-state index is 13.0. The van der Waals surface area contributed by atoms with Crippen molar-refractivity contribution >= 4 is 11.8 Å². The van der Waals surface area contributed by atoms with Crippen LogP contribution in [0.4, 0.5) is 4.39 Å². The van der Waals surface area contributed by atoms with Gasteiger partial charge in [-0.2, -0.15) is 0 Å². The summed E-state index contributed by atoms with van der Waals surface area (Å²) in [5.41, 5.74) is 0.536. The maximum Gasteiger partial charge on any atom is 0.256 e. The second kappa shape index (κ2) is 6.65. The van der Waals surface area contributed by atoms with Crippen molar-refractivity contribution in [3.63, 3.8) is 0 Å². The largest absolute Gasteiger partial charge is 0.378 e. The van der Waals surface area contributed by atoms with E-state index < -0.39 is 6.10 Å². The average molecular weight is 360 g/mol. The Hall–Kier alpha value is -1.95. The summed E-state index contributed by atoms with van der Waals surface area (Å²) in [6.07, 6.45) is 4.24. The van der Waals surface area contributed by atoms with Crippen LogP contribution in [0, 0.1) is 11.2 Å². The van der Waals surface area contributed by atoms with Crippen molar-refractivity contribution in [2.75, 3.05) is 19.6 Å². The molecule has 140 valence electrons. The molecule has 3 fully saturated rings. The van der Waals surface area contributed by atoms with Gasteiger partial charge >= 0.3 is 0 Å². The third kappa shape index (κ3) is 3.34. The van der Waals surface area contributed by atoms with Crippen molar-refractivity contribution in [2.24, 2.45) is 5.41 Å². The van der Waals surface area contributed by atoms with Crippen LogP contribution >= 0.6 is 0 Å². The molecule has 1 spiro atoms. The fraction of sp³-hybridized carbons (Fsp3) is 0.600. The van der Waals surface area contributed by atoms with Crippen LogP contribution in [0.5, 0.6) is 0 Å². The van der Waals surface area contributed by atoms with Gasteiger partial charge in [0.15, 0.2) is 6.10 Å². The molecule has 1 N–H and O–H groups in total. The summed E-state index contributed by atoms with van der Waals surface area (Å²) in [6.45, 7) is 2.02. The minimum atomic E-state index is -1.25. The second-order valence-electron chi connectivity index (χ2n) is 8.03. The Balaban J connectivity index is 1.37. The number of aliphatic hydroxyl groups is 1. The standard InChI is InChI=1S/C20H25FN2O3/c21-15-3-1-14(2-4-15)18(25)19(26)22-11-9-20(10-12-22)8-7-17(24)23(13-20)16-5-6-16/h1-4,16,18,25H,5-13H2/t18-/m1/s1. The summed E-state index contributed by atoms with van der Waals surface area (Å²) in [5.74, 6) is -0.430. The van der Waals surface area contributed by atoms with E-state index in [2.05, 4.69) is 4.90 Å². The van der Waals surface area contributed by atoms with E-state index in [9.17, 15) is 19.1 Å². The average Bonchev–Trinajstić information content (AvgIpc) is 3.49. The highest BCUT2D eigenvalue weighted by molar-refractivity contribution is 5.82. The highest BCUT2D eigenvalue weighted by Gasteiger charge is 2.45. The number of piperidine rings is 2. The van der Waals surface area contributed by atoms with E-state index >= 15 is 0 Å². The molecule has 2 heterocycles. The molecule has 2 amide bonds. The summed E-state index contributed by atoms with van der Waals surface area (Å²) >= 11 is 0. The lowest BCUT2D eigenvalue weighted by Crippen LogP contribution is -2.53. The predicted octanol–water partition coefficient (Wildman–Crippen LogP) is 2.25. The molecule has 0 unspecified atom stereocenters. The number of aliphatic hydroxyl groups excluding tert-OH is 1. The predicted molar refractivity (Wildman–Crippen MR) is 93.6 cm³/mol. The van der Waals surface area contributed by atoms with Crippen LogP contribution in [-0.4, -0.2) is 52.4 Å². The molecule has 5 nitrogen and oxygen atoms in total. The van der Waals surface area contributed by atoms with Crippen molar-refractivity contribution < 1.29 is 19.1 Å². The first kappa shape index (κ1) is 17.5. The molecule has 2 aliphatic heterocycles. The van der Waals surface area contributed by atoms with Gasteiger partial charge < -0.3 is 14.9 Å². The first-order chi connectivity index (χ1) is 12.5. The van der Waals surface area contributed by atoms with Gasteiger partial charge in [0.2, 0.25) is 5.91 Å². The molecule has 0 radical (unpaired) electrons. The van der Waals surface area contributed by atoms with Gasteiger partial charge in [0, 0.05) is 32.1 Å². The van der Waals surface area contributed by atoms with E-state index in [1.54, 1.807) is 4.90 Å². The van der Waals surface area contributed by atoms with Gasteiger partial charge in [-0.15, -0.1) is 0 Å². The number of benzene rings is 1. The topological polar surface area (TPSA) is 60.9 Å². The summed E-state index contributed by atoms with van der Waals surface area (Å²) in [6, 6.07) is 5.85. The number of nitrogens with zero attached hydrogens (tertiary/aromatic N) is 2. The Morgan fingerprint density at radius 3 is 2.42 bits per heavy atom. The second-order valence-corrected chi connectivity index (χ2v) is 8.03. The van der Waals surface area contributed by atoms with Crippen LogP contribution in [0.3, 0.4) is 0 Å². The van der Waals surface area contributed by atoms with E-state index in [1.807, 2.05) is 0 Å². The molecule has 3 aliphatic rings. The van der Waals surface area contributed by atoms with Crippen LogP contribution in [0.15, 0.2) is 24.3 Å². The van der Waals surface area contributed by atoms with E-state index in [-0.39, 0.29) is 23.0 Å². The van der Waals surface area contributed by atoms with Crippen molar-refractivity contribution in [2.45, 2.75) is 50.7 Å². The molecule has 1 aliphatic carbocycles. The highest BCUT2D eigenvalue weighted by atomic mass is 19.1. The molecule has 1 atom stereocenters. The number of rotatable bonds is 3. The summed E-state index contributed by atoms with van der Waals surface area (Å²) in [7, 11) is 0. The van der Waals surface area contributed by atoms with Gasteiger partial charge in [0.25, 0.3) is 5.91 Å². The van der Waals surface area contributed by atoms with Crippen LogP contribution in [0.25, 0.3) is 0 Å². The summed E-state index contributed by atoms with van der Waals surface area (Å²) in [5, 5.41) is 10.3. The Kier molecular flexibility index (Phi) is 4.47. The van der Waals surface area contributed by atoms with Crippen molar-refractivity contribution in [3.05, 3.63) is 35.6 Å². The van der Waals surface area contributed by atoms with Gasteiger partial charge in [-0.3, -0.25) is 9.59 Å². The third-order valence-corrected chi connectivity index (χ3v) is 6.24. The van der Waals surface area contributed by atoms with Gasteiger partial charge in [-0.1, -0.05) is 12.1 Å². The lowest BCUT2D eigenvalue weighted by molar-refractivity contribution is -0.147. The minimum absolute atomic E-state index is 0.119. The number of hydrogen-bond donors (Lipinski definition) is 1. The maximum atomic E-state index is 13.0. The van der Waals surface area contributed by atoms with E-state index in [0.717, 1.165) is 38.6 Å². The molecular formula is C20H25FN2O3. The molecule has 1 aromatic rings. The van der Waals surface area contributed by atoms with E-state index in [4.69, 9.17) is 0 Å². The molecular weight excluding hydrogens is 335 g/mol. The number of carbonyl (C=O) groups excluding carboxylic acids is 2. The van der Waals surface area contributed by atoms with Gasteiger partial charge in [0.05, 0.1) is 0 Å². The fourth-order valence-corrected chi connectivity index (χ4v) is 4.33. The lowest BCUT2D eigenvalue weighted by atomic mass is 9.72. The van der Waals surface area contributed by atoms with Crippen molar-refractivity contribution in [3.8, 4) is 0 Å². The Morgan fingerprint density at radius 2 is 1.81 bits per heavy atom. The minimum Gasteiger partial charge on any atom is -0.378 e. The number of amides is 2. The monoisotopic (exact) mass is 360 g/mol. The Labute approximate surface area is 152 Å². The van der Waals surface area contributed by atoms with Crippen LogP contribution in [-0.2, 0) is 9.59 Å². The third-order valence-electron chi connectivity index (χ3n) is 6.24. The van der Waals surface area contributed by atoms with Crippen LogP contribution in [0.1, 0.15) is 50.2 Å². The lowest BCUT2D eigenvalue weighted by Gasteiger charge is -2.47. The quantitative estimate of drug-likeness (QED) is 0.899. The first-order valence-corrected chi connectivity index (χ1v) is 9.49. The number of hydrogen-bond acceptors (Lipinski definition) is 3. The molecule has 0 bridgehead atoms. The number of carbonyl (C=O) groups is 2. The number of halogens is 1. The first-order valence-electron chi connectivity index (χ1n) is 9.49. The fourth-order valence-electron chi connectivity index (χ4n) is 4.33. The Bertz CT molecular complexity index is 694. The molecule has 0 aromatic heterocycles. The highest BCUT2D eigenvalue weighted by Crippen LogP contribution is 2.43. The molecule has 4 rings (SSSR count). The van der Waals surface area contributed by atoms with Gasteiger partial charge in [0.1, 0.15) is 5.82 Å². The summed E-state index contributed by atoms with van der Waals surface area (Å²) in [4.78, 5) is 28.5. The molecule has 2 saturated heterocycles. The van der Waals surface area contributed by atoms with Gasteiger partial charge in [-0.25, -0.2) is 4.39 Å². The van der Waals surface area contributed by atoms with Gasteiger partial charge in [-0.05, 0) is 55.2 Å². The SMILES string of the molecule is O=C([C@H](O)c1ccc(F)cc1)N1CCC2(CCC(=O)N(C3CC3)C2)CC1. The molecule has 6 heteroatoms. The van der Waals surface area contributed by atoms with E-state index in [0.29, 0.717) is 31.1 Å². The smallest absolute Gasteiger partial charge is 0.256 e. The summed E-state index contributed by atoms with van der Waals surface area (Å²) < 4.78 is 13.0. The van der Waals surface area contributed by atoms with Crippen molar-refractivity contribution in [1.82, 2.24) is 9.80 Å². The number of likely N-dealkylation sites (tertiary alicyclic amines) is 2. The van der Waals surface area contributed by atoms with Crippen molar-refractivity contribution in [1.29, 1.82) is 0 Å². The van der Waals surface area contributed by atoms with Crippen LogP contribution < -0.4 is 0 Å². The molecule has 1 aromatic carbocycles. The normalized spacial score (nSPS) is 24.0. The molecule has 26 heavy (non-hydrogen) atoms. The Morgan fingerprint density at radius 1 is 1.15 bits per heavy atom. The zero-order chi connectivity index (χ0) is 18.3. The molecule has 1 saturated carbocycles. The van der Waals surface area contributed by atoms with E-state index in [1.165, 1.54) is 24.3 Å². The van der Waals surface area contributed by atoms with Crippen LogP contribution in [0.2, 0.25) is 0 Å². The zero-order valence-corrected chi connectivity index (χ0v) is 14.9. The zero-order valence-electron chi connectivity index (χ0n) is 14.9.